The smallest absolute Gasteiger partial charge is 0.260 e. The van der Waals surface area contributed by atoms with Gasteiger partial charge in [0, 0.05) is 10.9 Å². The van der Waals surface area contributed by atoms with Crippen LogP contribution < -0.4 is 5.56 Å². The van der Waals surface area contributed by atoms with Crippen LogP contribution in [0.4, 0.5) is 4.39 Å². The average Bonchev–Trinajstić information content (AvgIpc) is 2.84. The Labute approximate surface area is 123 Å². The van der Waals surface area contributed by atoms with Crippen LogP contribution in [0.25, 0.3) is 21.3 Å². The zero-order valence-electron chi connectivity index (χ0n) is 10.5. The van der Waals surface area contributed by atoms with Crippen LogP contribution in [0.3, 0.4) is 0 Å². The van der Waals surface area contributed by atoms with Gasteiger partial charge >= 0.3 is 0 Å². The lowest BCUT2D eigenvalue weighted by Gasteiger charge is -2.03. The second-order valence-electron chi connectivity index (χ2n) is 4.40. The number of hydrogen-bond donors (Lipinski definition) is 1. The minimum atomic E-state index is -0.358. The third kappa shape index (κ3) is 2.23. The lowest BCUT2D eigenvalue weighted by molar-refractivity contribution is 0.628. The lowest BCUT2D eigenvalue weighted by Crippen LogP contribution is -2.11. The first-order valence-electron chi connectivity index (χ1n) is 5.97. The van der Waals surface area contributed by atoms with Crippen LogP contribution in [0.2, 0.25) is 0 Å². The predicted octanol–water partition coefficient (Wildman–Crippen LogP) is 4.09. The molecule has 3 nitrogen and oxygen atoms in total. The van der Waals surface area contributed by atoms with Gasteiger partial charge in [-0.15, -0.1) is 22.9 Å². The van der Waals surface area contributed by atoms with Crippen molar-refractivity contribution in [3.63, 3.8) is 0 Å². The van der Waals surface area contributed by atoms with E-state index in [2.05, 4.69) is 9.97 Å². The van der Waals surface area contributed by atoms with E-state index in [0.717, 1.165) is 11.1 Å². The fourth-order valence-corrected chi connectivity index (χ4v) is 3.05. The molecule has 6 heteroatoms. The number of hydrogen-bond acceptors (Lipinski definition) is 3. The van der Waals surface area contributed by atoms with Gasteiger partial charge in [-0.3, -0.25) is 4.79 Å². The Morgan fingerprint density at radius 2 is 2.05 bits per heavy atom. The highest BCUT2D eigenvalue weighted by Crippen LogP contribution is 2.31. The van der Waals surface area contributed by atoms with Crippen molar-refractivity contribution >= 4 is 33.2 Å². The molecule has 1 unspecified atom stereocenters. The largest absolute Gasteiger partial charge is 0.309 e. The summed E-state index contributed by atoms with van der Waals surface area (Å²) in [5.74, 6) is 0.148. The predicted molar refractivity (Wildman–Crippen MR) is 79.9 cm³/mol. The molecule has 20 heavy (non-hydrogen) atoms. The molecule has 0 saturated carbocycles. The van der Waals surface area contributed by atoms with Crippen molar-refractivity contribution in [2.45, 2.75) is 12.3 Å². The lowest BCUT2D eigenvalue weighted by atomic mass is 10.1. The van der Waals surface area contributed by atoms with Gasteiger partial charge in [-0.05, 0) is 24.6 Å². The third-order valence-electron chi connectivity index (χ3n) is 2.99. The molecule has 0 aliphatic carbocycles. The molecule has 0 aliphatic rings. The zero-order valence-corrected chi connectivity index (χ0v) is 12.1. The minimum Gasteiger partial charge on any atom is -0.309 e. The van der Waals surface area contributed by atoms with Gasteiger partial charge in [0.05, 0.1) is 10.8 Å². The van der Waals surface area contributed by atoms with Crippen molar-refractivity contribution in [1.82, 2.24) is 9.97 Å². The third-order valence-corrected chi connectivity index (χ3v) is 4.07. The Bertz CT molecular complexity index is 823. The van der Waals surface area contributed by atoms with Crippen LogP contribution in [0.15, 0.2) is 34.4 Å². The van der Waals surface area contributed by atoms with E-state index in [9.17, 15) is 9.18 Å². The second kappa shape index (κ2) is 5.00. The second-order valence-corrected chi connectivity index (χ2v) is 5.92. The van der Waals surface area contributed by atoms with Crippen LogP contribution in [0.1, 0.15) is 18.1 Å². The molecular formula is C14H10ClFN2OS. The Morgan fingerprint density at radius 3 is 2.70 bits per heavy atom. The number of thiophene rings is 1. The number of nitrogens with zero attached hydrogens (tertiary/aromatic N) is 1. The molecule has 1 N–H and O–H groups in total. The number of rotatable bonds is 2. The molecule has 0 aliphatic heterocycles. The summed E-state index contributed by atoms with van der Waals surface area (Å²) in [4.78, 5) is 19.9. The molecule has 0 radical (unpaired) electrons. The number of nitrogens with one attached hydrogen (secondary N) is 1. The number of benzene rings is 1. The molecule has 1 aromatic carbocycles. The van der Waals surface area contributed by atoms with Crippen molar-refractivity contribution in [3.05, 3.63) is 51.6 Å². The SMILES string of the molecule is CC(Cl)c1nc2scc(-c3ccc(F)cc3)c2c(=O)[nH]1. The molecule has 0 saturated heterocycles. The molecular weight excluding hydrogens is 299 g/mol. The monoisotopic (exact) mass is 308 g/mol. The molecule has 1 atom stereocenters. The van der Waals surface area contributed by atoms with Crippen molar-refractivity contribution in [2.75, 3.05) is 0 Å². The minimum absolute atomic E-state index is 0.224. The molecule has 0 bridgehead atoms. The highest BCUT2D eigenvalue weighted by Gasteiger charge is 2.14. The van der Waals surface area contributed by atoms with Crippen molar-refractivity contribution in [3.8, 4) is 11.1 Å². The maximum absolute atomic E-state index is 13.0. The molecule has 2 heterocycles. The maximum atomic E-state index is 13.0. The quantitative estimate of drug-likeness (QED) is 0.725. The summed E-state index contributed by atoms with van der Waals surface area (Å²) in [7, 11) is 0. The van der Waals surface area contributed by atoms with Crippen molar-refractivity contribution in [2.24, 2.45) is 0 Å². The average molecular weight is 309 g/mol. The summed E-state index contributed by atoms with van der Waals surface area (Å²) >= 11 is 7.32. The topological polar surface area (TPSA) is 45.8 Å². The molecule has 0 amide bonds. The Morgan fingerprint density at radius 1 is 1.35 bits per heavy atom. The van der Waals surface area contributed by atoms with Gasteiger partial charge in [-0.2, -0.15) is 0 Å². The Balaban J connectivity index is 2.24. The Kier molecular flexibility index (Phi) is 3.31. The van der Waals surface area contributed by atoms with E-state index < -0.39 is 0 Å². The summed E-state index contributed by atoms with van der Waals surface area (Å²) in [5.41, 5.74) is 1.32. The maximum Gasteiger partial charge on any atom is 0.260 e. The number of aromatic nitrogens is 2. The standard InChI is InChI=1S/C14H10ClFN2OS/c1-7(15)12-17-13(19)11-10(6-20-14(11)18-12)8-2-4-9(16)5-3-8/h2-7H,1H3,(H,17,18,19). The van der Waals surface area contributed by atoms with E-state index in [0.29, 0.717) is 16.0 Å². The van der Waals surface area contributed by atoms with Crippen LogP contribution in [0, 0.1) is 5.82 Å². The molecule has 0 fully saturated rings. The fraction of sp³-hybridized carbons (Fsp3) is 0.143. The van der Waals surface area contributed by atoms with Gasteiger partial charge in [0.25, 0.3) is 5.56 Å². The Hall–Kier alpha value is -1.72. The van der Waals surface area contributed by atoms with Crippen molar-refractivity contribution < 1.29 is 4.39 Å². The molecule has 102 valence electrons. The van der Waals surface area contributed by atoms with E-state index in [-0.39, 0.29) is 16.8 Å². The number of aromatic amines is 1. The number of H-pyrrole nitrogens is 1. The van der Waals surface area contributed by atoms with E-state index in [1.54, 1.807) is 19.1 Å². The normalized spacial score (nSPS) is 12.8. The van der Waals surface area contributed by atoms with E-state index >= 15 is 0 Å². The number of alkyl halides is 1. The van der Waals surface area contributed by atoms with Crippen LogP contribution in [-0.4, -0.2) is 9.97 Å². The molecule has 3 rings (SSSR count). The van der Waals surface area contributed by atoms with Gasteiger partial charge in [-0.25, -0.2) is 9.37 Å². The first-order valence-corrected chi connectivity index (χ1v) is 7.29. The van der Waals surface area contributed by atoms with Gasteiger partial charge < -0.3 is 4.98 Å². The van der Waals surface area contributed by atoms with Crippen molar-refractivity contribution in [1.29, 1.82) is 0 Å². The molecule has 2 aromatic heterocycles. The van der Waals surface area contributed by atoms with Gasteiger partial charge in [0.1, 0.15) is 16.5 Å². The first kappa shape index (κ1) is 13.3. The number of halogens is 2. The van der Waals surface area contributed by atoms with Crippen LogP contribution in [0.5, 0.6) is 0 Å². The van der Waals surface area contributed by atoms with Gasteiger partial charge in [0.2, 0.25) is 0 Å². The summed E-state index contributed by atoms with van der Waals surface area (Å²) < 4.78 is 13.0. The fourth-order valence-electron chi connectivity index (χ4n) is 2.00. The van der Waals surface area contributed by atoms with Crippen LogP contribution >= 0.6 is 22.9 Å². The highest BCUT2D eigenvalue weighted by atomic mass is 35.5. The van der Waals surface area contributed by atoms with Crippen LogP contribution in [-0.2, 0) is 0 Å². The summed E-state index contributed by atoms with van der Waals surface area (Å²) in [5, 5.41) is 2.01. The van der Waals surface area contributed by atoms with Gasteiger partial charge in [-0.1, -0.05) is 12.1 Å². The molecule has 3 aromatic rings. The number of fused-ring (bicyclic) bond motifs is 1. The van der Waals surface area contributed by atoms with E-state index in [4.69, 9.17) is 11.6 Å². The van der Waals surface area contributed by atoms with E-state index in [1.165, 1.54) is 23.5 Å². The zero-order chi connectivity index (χ0) is 14.3. The summed E-state index contributed by atoms with van der Waals surface area (Å²) in [6.07, 6.45) is 0. The van der Waals surface area contributed by atoms with Gasteiger partial charge in [0.15, 0.2) is 0 Å². The summed E-state index contributed by atoms with van der Waals surface area (Å²) in [6.45, 7) is 1.75. The highest BCUT2D eigenvalue weighted by molar-refractivity contribution is 7.17. The van der Waals surface area contributed by atoms with E-state index in [1.807, 2.05) is 5.38 Å². The summed E-state index contributed by atoms with van der Waals surface area (Å²) in [6, 6.07) is 6.04. The molecule has 0 spiro atoms. The first-order chi connectivity index (χ1) is 9.56.